The van der Waals surface area contributed by atoms with Gasteiger partial charge >= 0.3 is 17.9 Å². The summed E-state index contributed by atoms with van der Waals surface area (Å²) in [4.78, 5) is 37.2. The molecule has 0 aromatic rings. The smallest absolute Gasteiger partial charge is 0.341 e. The third-order valence-corrected chi connectivity index (χ3v) is 5.87. The van der Waals surface area contributed by atoms with E-state index in [-0.39, 0.29) is 30.1 Å². The van der Waals surface area contributed by atoms with Crippen molar-refractivity contribution in [2.75, 3.05) is 7.11 Å². The van der Waals surface area contributed by atoms with Gasteiger partial charge in [-0.15, -0.1) is 0 Å². The number of rotatable bonds is 3. The van der Waals surface area contributed by atoms with E-state index in [0.717, 1.165) is 0 Å². The molecule has 1 N–H and O–H groups in total. The van der Waals surface area contributed by atoms with Crippen molar-refractivity contribution < 1.29 is 38.4 Å². The van der Waals surface area contributed by atoms with E-state index < -0.39 is 47.7 Å². The molecule has 0 bridgehead atoms. The Kier molecular flexibility index (Phi) is 5.69. The molecule has 2 aliphatic heterocycles. The Hall–Kier alpha value is -2.45. The van der Waals surface area contributed by atoms with E-state index in [9.17, 15) is 19.5 Å². The fraction of sp³-hybridized carbons (Fsp3) is 0.571. The summed E-state index contributed by atoms with van der Waals surface area (Å²) in [6.45, 7) is 8.89. The molecule has 0 aromatic heterocycles. The number of carbonyl (C=O) groups is 3. The number of hydrogen-bond donors (Lipinski definition) is 1. The van der Waals surface area contributed by atoms with E-state index in [1.165, 1.54) is 7.11 Å². The number of fused-ring (bicyclic) bond motifs is 1. The van der Waals surface area contributed by atoms with Gasteiger partial charge in [0, 0.05) is 17.6 Å². The molecule has 0 saturated carbocycles. The van der Waals surface area contributed by atoms with Crippen LogP contribution in [-0.4, -0.2) is 60.1 Å². The van der Waals surface area contributed by atoms with Crippen molar-refractivity contribution in [2.24, 2.45) is 5.92 Å². The summed E-state index contributed by atoms with van der Waals surface area (Å²) in [5.74, 6) is -2.50. The first kappa shape index (κ1) is 21.3. The second-order valence-corrected chi connectivity index (χ2v) is 7.82. The molecule has 8 heteroatoms. The van der Waals surface area contributed by atoms with Crippen LogP contribution in [0.5, 0.6) is 0 Å². The monoisotopic (exact) mass is 406 g/mol. The number of epoxide rings is 1. The molecular formula is C21H26O8. The highest BCUT2D eigenvalue weighted by Crippen LogP contribution is 2.41. The molecule has 29 heavy (non-hydrogen) atoms. The highest BCUT2D eigenvalue weighted by Gasteiger charge is 2.58. The van der Waals surface area contributed by atoms with Crippen molar-refractivity contribution in [1.29, 1.82) is 0 Å². The Morgan fingerprint density at radius 1 is 1.38 bits per heavy atom. The molecule has 0 radical (unpaired) electrons. The van der Waals surface area contributed by atoms with Gasteiger partial charge in [-0.2, -0.15) is 0 Å². The van der Waals surface area contributed by atoms with Gasteiger partial charge in [-0.3, -0.25) is 0 Å². The molecule has 0 unspecified atom stereocenters. The minimum Gasteiger partial charge on any atom is -0.466 e. The topological polar surface area (TPSA) is 112 Å². The summed E-state index contributed by atoms with van der Waals surface area (Å²) in [6, 6.07) is 0. The Morgan fingerprint density at radius 3 is 2.62 bits per heavy atom. The molecule has 2 heterocycles. The van der Waals surface area contributed by atoms with Gasteiger partial charge in [-0.25, -0.2) is 14.4 Å². The lowest BCUT2D eigenvalue weighted by Gasteiger charge is -2.28. The summed E-state index contributed by atoms with van der Waals surface area (Å²) in [7, 11) is 1.25. The van der Waals surface area contributed by atoms with E-state index in [1.807, 2.05) is 0 Å². The molecule has 0 aromatic carbocycles. The van der Waals surface area contributed by atoms with Crippen molar-refractivity contribution >= 4 is 17.9 Å². The summed E-state index contributed by atoms with van der Waals surface area (Å²) >= 11 is 0. The van der Waals surface area contributed by atoms with Crippen LogP contribution in [0.25, 0.3) is 0 Å². The summed E-state index contributed by atoms with van der Waals surface area (Å²) in [6.07, 6.45) is 0.532. The normalized spacial score (nSPS) is 40.5. The molecule has 0 spiro atoms. The van der Waals surface area contributed by atoms with Gasteiger partial charge in [0.1, 0.15) is 12.2 Å². The summed E-state index contributed by atoms with van der Waals surface area (Å²) in [5.41, 5.74) is -0.112. The number of ether oxygens (including phenoxy) is 4. The first-order chi connectivity index (χ1) is 13.6. The second kappa shape index (κ2) is 7.76. The summed E-state index contributed by atoms with van der Waals surface area (Å²) < 4.78 is 21.3. The summed E-state index contributed by atoms with van der Waals surface area (Å²) in [5, 5.41) is 10.3. The number of methoxy groups -OCH3 is 1. The number of aliphatic hydroxyl groups excluding tert-OH is 1. The Morgan fingerprint density at radius 2 is 2.03 bits per heavy atom. The van der Waals surface area contributed by atoms with Crippen molar-refractivity contribution in [2.45, 2.75) is 63.6 Å². The lowest BCUT2D eigenvalue weighted by Crippen LogP contribution is -2.38. The Labute approximate surface area is 169 Å². The van der Waals surface area contributed by atoms with Crippen molar-refractivity contribution in [3.8, 4) is 0 Å². The quantitative estimate of drug-likeness (QED) is 0.246. The van der Waals surface area contributed by atoms with Gasteiger partial charge in [-0.1, -0.05) is 12.7 Å². The van der Waals surface area contributed by atoms with E-state index in [2.05, 4.69) is 6.58 Å². The fourth-order valence-electron chi connectivity index (χ4n) is 3.63. The maximum Gasteiger partial charge on any atom is 0.341 e. The van der Waals surface area contributed by atoms with Gasteiger partial charge < -0.3 is 24.1 Å². The lowest BCUT2D eigenvalue weighted by atomic mass is 9.84. The molecule has 3 rings (SSSR count). The minimum atomic E-state index is -1.06. The fourth-order valence-corrected chi connectivity index (χ4v) is 3.63. The van der Waals surface area contributed by atoms with Crippen LogP contribution in [0, 0.1) is 5.92 Å². The van der Waals surface area contributed by atoms with Gasteiger partial charge in [0.05, 0.1) is 25.2 Å². The molecule has 158 valence electrons. The van der Waals surface area contributed by atoms with E-state index in [0.29, 0.717) is 5.57 Å². The number of aliphatic hydroxyl groups is 1. The molecule has 8 nitrogen and oxygen atoms in total. The van der Waals surface area contributed by atoms with Crippen LogP contribution in [0.1, 0.15) is 33.6 Å². The highest BCUT2D eigenvalue weighted by atomic mass is 16.7. The SMILES string of the molecule is C=C1C(=O)O[C@@H]2/C=C(\C)[C@@H](O)C/C=C(/C(=O)OC)C[C@@H](OC(=O)[C@]3(C)O[C@@H]3C)[C@@H]12. The van der Waals surface area contributed by atoms with Crippen LogP contribution in [0.3, 0.4) is 0 Å². The second-order valence-electron chi connectivity index (χ2n) is 7.82. The van der Waals surface area contributed by atoms with Crippen LogP contribution in [0.4, 0.5) is 0 Å². The molecule has 2 fully saturated rings. The van der Waals surface area contributed by atoms with Crippen molar-refractivity contribution in [1.82, 2.24) is 0 Å². The van der Waals surface area contributed by atoms with Crippen molar-refractivity contribution in [3.05, 3.63) is 35.5 Å². The van der Waals surface area contributed by atoms with Gasteiger partial charge in [0.15, 0.2) is 5.60 Å². The van der Waals surface area contributed by atoms with Crippen LogP contribution in [0.15, 0.2) is 35.5 Å². The predicted octanol–water partition coefficient (Wildman–Crippen LogP) is 1.37. The van der Waals surface area contributed by atoms with E-state index >= 15 is 0 Å². The molecule has 0 amide bonds. The number of hydrogen-bond acceptors (Lipinski definition) is 8. The molecule has 1 aliphatic carbocycles. The van der Waals surface area contributed by atoms with Gasteiger partial charge in [0.25, 0.3) is 0 Å². The van der Waals surface area contributed by atoms with Crippen LogP contribution >= 0.6 is 0 Å². The first-order valence-corrected chi connectivity index (χ1v) is 9.51. The van der Waals surface area contributed by atoms with Crippen molar-refractivity contribution in [3.63, 3.8) is 0 Å². The molecular weight excluding hydrogens is 380 g/mol. The average molecular weight is 406 g/mol. The minimum absolute atomic E-state index is 0.0146. The zero-order valence-corrected chi connectivity index (χ0v) is 17.0. The zero-order chi connectivity index (χ0) is 21.5. The van der Waals surface area contributed by atoms with Crippen LogP contribution < -0.4 is 0 Å². The highest BCUT2D eigenvalue weighted by molar-refractivity contribution is 5.92. The molecule has 6 atom stereocenters. The molecule has 3 aliphatic rings. The number of esters is 3. The van der Waals surface area contributed by atoms with E-state index in [1.54, 1.807) is 32.9 Å². The average Bonchev–Trinajstić information content (AvgIpc) is 3.20. The third kappa shape index (κ3) is 4.00. The van der Waals surface area contributed by atoms with E-state index in [4.69, 9.17) is 18.9 Å². The van der Waals surface area contributed by atoms with Gasteiger partial charge in [0.2, 0.25) is 0 Å². The maximum absolute atomic E-state index is 12.7. The van der Waals surface area contributed by atoms with Crippen LogP contribution in [-0.2, 0) is 33.3 Å². The van der Waals surface area contributed by atoms with Crippen LogP contribution in [0.2, 0.25) is 0 Å². The Balaban J connectivity index is 2.00. The molecule has 2 saturated heterocycles. The predicted molar refractivity (Wildman–Crippen MR) is 100 cm³/mol. The zero-order valence-electron chi connectivity index (χ0n) is 17.0. The Bertz CT molecular complexity index is 809. The number of carbonyl (C=O) groups excluding carboxylic acids is 3. The van der Waals surface area contributed by atoms with Gasteiger partial charge in [-0.05, 0) is 38.8 Å². The maximum atomic E-state index is 12.7. The third-order valence-electron chi connectivity index (χ3n) is 5.87. The first-order valence-electron chi connectivity index (χ1n) is 9.51. The lowest BCUT2D eigenvalue weighted by molar-refractivity contribution is -0.158. The standard InChI is InChI=1S/C21H26O8/c1-10-8-15-17(11(2)18(23)27-15)16(28-20(25)21(4)12(3)29-21)9-13(19(24)26-5)6-7-14(10)22/h6,8,12,14-17,22H,2,7,9H2,1,3-5H3/b10-8+,13-6+/t12-,14+,15-,16-,17+,21-/m1/s1. The largest absolute Gasteiger partial charge is 0.466 e.